The van der Waals surface area contributed by atoms with E-state index in [4.69, 9.17) is 0 Å². The summed E-state index contributed by atoms with van der Waals surface area (Å²) < 4.78 is 0. The highest BCUT2D eigenvalue weighted by molar-refractivity contribution is 9.09. The number of carbonyl (C=O) groups excluding carboxylic acids is 2. The highest BCUT2D eigenvalue weighted by atomic mass is 79.9. The van der Waals surface area contributed by atoms with Gasteiger partial charge in [-0.15, -0.1) is 0 Å². The van der Waals surface area contributed by atoms with E-state index in [0.717, 1.165) is 25.7 Å². The van der Waals surface area contributed by atoms with Crippen LogP contribution in [-0.2, 0) is 9.59 Å². The third-order valence-corrected chi connectivity index (χ3v) is 3.71. The number of halogens is 2. The Hall–Kier alpha value is 0.300. The van der Waals surface area contributed by atoms with E-state index in [-0.39, 0.29) is 0 Å². The lowest BCUT2D eigenvalue weighted by atomic mass is 10.1. The fourth-order valence-electron chi connectivity index (χ4n) is 1.49. The number of unbranched alkanes of at least 4 members (excludes halogenated alkanes) is 5. The lowest BCUT2D eigenvalue weighted by Crippen LogP contribution is -1.98. The standard InChI is InChI=1S/C12H20Br2O2/c13-9-11(15)7-5-3-1-2-4-6-8-12(16)10-14/h1-10H2. The van der Waals surface area contributed by atoms with E-state index in [9.17, 15) is 9.59 Å². The first-order valence-corrected chi connectivity index (χ1v) is 8.10. The van der Waals surface area contributed by atoms with Crippen LogP contribution in [0.25, 0.3) is 0 Å². The van der Waals surface area contributed by atoms with E-state index in [1.54, 1.807) is 0 Å². The van der Waals surface area contributed by atoms with Crippen molar-refractivity contribution < 1.29 is 9.59 Å². The molecule has 16 heavy (non-hydrogen) atoms. The summed E-state index contributed by atoms with van der Waals surface area (Å²) in [7, 11) is 0. The molecule has 0 aliphatic carbocycles. The van der Waals surface area contributed by atoms with Crippen LogP contribution in [0.1, 0.15) is 51.4 Å². The SMILES string of the molecule is O=C(CBr)CCCCCCCCC(=O)CBr. The van der Waals surface area contributed by atoms with E-state index < -0.39 is 0 Å². The lowest BCUT2D eigenvalue weighted by Gasteiger charge is -2.00. The minimum atomic E-state index is 0.294. The Bertz CT molecular complexity index is 183. The van der Waals surface area contributed by atoms with Gasteiger partial charge in [0.2, 0.25) is 0 Å². The van der Waals surface area contributed by atoms with Gasteiger partial charge < -0.3 is 0 Å². The molecule has 94 valence electrons. The minimum absolute atomic E-state index is 0.294. The summed E-state index contributed by atoms with van der Waals surface area (Å²) in [5.41, 5.74) is 0. The fourth-order valence-corrected chi connectivity index (χ4v) is 2.05. The number of hydrogen-bond donors (Lipinski definition) is 0. The second-order valence-corrected chi connectivity index (χ2v) is 5.09. The van der Waals surface area contributed by atoms with Gasteiger partial charge in [-0.1, -0.05) is 57.5 Å². The number of Topliss-reactive ketones (excluding diaryl/α,β-unsaturated/α-hetero) is 2. The fraction of sp³-hybridized carbons (Fsp3) is 0.833. The molecule has 0 aliphatic heterocycles. The monoisotopic (exact) mass is 354 g/mol. The van der Waals surface area contributed by atoms with Gasteiger partial charge in [-0.05, 0) is 12.8 Å². The molecule has 0 bridgehead atoms. The molecule has 0 aromatic rings. The molecule has 0 spiro atoms. The predicted octanol–water partition coefficient (Wildman–Crippen LogP) is 4.04. The average molecular weight is 356 g/mol. The molecule has 0 saturated carbocycles. The Kier molecular flexibility index (Phi) is 12.0. The number of alkyl halides is 2. The van der Waals surface area contributed by atoms with Crippen LogP contribution in [0.2, 0.25) is 0 Å². The van der Waals surface area contributed by atoms with Crippen LogP contribution in [0.5, 0.6) is 0 Å². The molecule has 2 nitrogen and oxygen atoms in total. The van der Waals surface area contributed by atoms with E-state index in [1.165, 1.54) is 12.8 Å². The van der Waals surface area contributed by atoms with Crippen molar-refractivity contribution in [2.45, 2.75) is 51.4 Å². The van der Waals surface area contributed by atoms with Gasteiger partial charge in [0.1, 0.15) is 11.6 Å². The summed E-state index contributed by atoms with van der Waals surface area (Å²) in [6, 6.07) is 0. The number of rotatable bonds is 11. The van der Waals surface area contributed by atoms with Gasteiger partial charge in [0.15, 0.2) is 0 Å². The van der Waals surface area contributed by atoms with Gasteiger partial charge >= 0.3 is 0 Å². The molecular formula is C12H20Br2O2. The van der Waals surface area contributed by atoms with Gasteiger partial charge in [-0.25, -0.2) is 0 Å². The molecule has 0 unspecified atom stereocenters. The quantitative estimate of drug-likeness (QED) is 0.414. The molecule has 0 aromatic heterocycles. The Balaban J connectivity index is 3.10. The molecule has 4 heteroatoms. The molecular weight excluding hydrogens is 336 g/mol. The van der Waals surface area contributed by atoms with Crippen LogP contribution in [-0.4, -0.2) is 22.2 Å². The maximum atomic E-state index is 11.0. The van der Waals surface area contributed by atoms with E-state index in [2.05, 4.69) is 31.9 Å². The predicted molar refractivity (Wildman–Crippen MR) is 74.5 cm³/mol. The van der Waals surface area contributed by atoms with E-state index >= 15 is 0 Å². The third kappa shape index (κ3) is 10.8. The van der Waals surface area contributed by atoms with Crippen LogP contribution < -0.4 is 0 Å². The lowest BCUT2D eigenvalue weighted by molar-refractivity contribution is -0.117. The maximum Gasteiger partial charge on any atom is 0.143 e. The number of ketones is 2. The highest BCUT2D eigenvalue weighted by Crippen LogP contribution is 2.09. The summed E-state index contributed by atoms with van der Waals surface area (Å²) in [5, 5.41) is 0.976. The zero-order chi connectivity index (χ0) is 12.2. The minimum Gasteiger partial charge on any atom is -0.299 e. The summed E-state index contributed by atoms with van der Waals surface area (Å²) in [6.45, 7) is 0. The van der Waals surface area contributed by atoms with Crippen LogP contribution >= 0.6 is 31.9 Å². The molecule has 0 fully saturated rings. The third-order valence-electron chi connectivity index (χ3n) is 2.46. The largest absolute Gasteiger partial charge is 0.299 e. The second-order valence-electron chi connectivity index (χ2n) is 3.97. The smallest absolute Gasteiger partial charge is 0.143 e. The number of carbonyl (C=O) groups is 2. The first-order chi connectivity index (χ1) is 7.70. The average Bonchev–Trinajstić information content (AvgIpc) is 2.31. The van der Waals surface area contributed by atoms with Crippen molar-refractivity contribution in [2.24, 2.45) is 0 Å². The van der Waals surface area contributed by atoms with Crippen molar-refractivity contribution >= 4 is 43.4 Å². The van der Waals surface area contributed by atoms with Gasteiger partial charge in [0.05, 0.1) is 10.7 Å². The van der Waals surface area contributed by atoms with E-state index in [0.29, 0.717) is 35.1 Å². The molecule has 0 heterocycles. The van der Waals surface area contributed by atoms with Gasteiger partial charge in [0, 0.05) is 12.8 Å². The molecule has 0 aromatic carbocycles. The van der Waals surface area contributed by atoms with Crippen molar-refractivity contribution in [1.82, 2.24) is 0 Å². The summed E-state index contributed by atoms with van der Waals surface area (Å²) in [6.07, 6.45) is 8.03. The second kappa shape index (κ2) is 11.8. The maximum absolute atomic E-state index is 11.0. The van der Waals surface area contributed by atoms with Crippen molar-refractivity contribution in [3.63, 3.8) is 0 Å². The van der Waals surface area contributed by atoms with Gasteiger partial charge in [-0.2, -0.15) is 0 Å². The zero-order valence-corrected chi connectivity index (χ0v) is 12.8. The Morgan fingerprint density at radius 2 is 0.938 bits per heavy atom. The van der Waals surface area contributed by atoms with E-state index in [1.807, 2.05) is 0 Å². The molecule has 0 N–H and O–H groups in total. The van der Waals surface area contributed by atoms with Crippen molar-refractivity contribution in [2.75, 3.05) is 10.7 Å². The van der Waals surface area contributed by atoms with Crippen LogP contribution in [0.15, 0.2) is 0 Å². The normalized spacial score (nSPS) is 10.4. The molecule has 0 amide bonds. The summed E-state index contributed by atoms with van der Waals surface area (Å²) in [4.78, 5) is 21.9. The molecule has 0 saturated heterocycles. The Morgan fingerprint density at radius 3 is 1.25 bits per heavy atom. The molecule has 0 radical (unpaired) electrons. The molecule has 0 rings (SSSR count). The zero-order valence-electron chi connectivity index (χ0n) is 9.64. The Labute approximate surface area is 115 Å². The highest BCUT2D eigenvalue weighted by Gasteiger charge is 2.00. The molecule has 0 atom stereocenters. The van der Waals surface area contributed by atoms with Crippen molar-refractivity contribution in [1.29, 1.82) is 0 Å². The first kappa shape index (κ1) is 16.3. The van der Waals surface area contributed by atoms with Gasteiger partial charge in [0.25, 0.3) is 0 Å². The van der Waals surface area contributed by atoms with Crippen molar-refractivity contribution in [3.8, 4) is 0 Å². The summed E-state index contributed by atoms with van der Waals surface area (Å²) >= 11 is 6.31. The van der Waals surface area contributed by atoms with Gasteiger partial charge in [-0.3, -0.25) is 9.59 Å². The topological polar surface area (TPSA) is 34.1 Å². The molecule has 0 aliphatic rings. The number of hydrogen-bond acceptors (Lipinski definition) is 2. The first-order valence-electron chi connectivity index (χ1n) is 5.86. The van der Waals surface area contributed by atoms with Crippen LogP contribution in [0, 0.1) is 0 Å². The van der Waals surface area contributed by atoms with Crippen LogP contribution in [0.3, 0.4) is 0 Å². The van der Waals surface area contributed by atoms with Crippen molar-refractivity contribution in [3.05, 3.63) is 0 Å². The van der Waals surface area contributed by atoms with Crippen LogP contribution in [0.4, 0.5) is 0 Å². The summed E-state index contributed by atoms with van der Waals surface area (Å²) in [5.74, 6) is 0.589. The Morgan fingerprint density at radius 1 is 0.625 bits per heavy atom.